The van der Waals surface area contributed by atoms with Gasteiger partial charge in [-0.25, -0.2) is 0 Å². The molecule has 0 aromatic heterocycles. The zero-order valence-electron chi connectivity index (χ0n) is 15.1. The van der Waals surface area contributed by atoms with Crippen molar-refractivity contribution in [2.24, 2.45) is 5.92 Å². The fraction of sp³-hybridized carbons (Fsp3) is 0.667. The molecule has 1 amide bonds. The Balaban J connectivity index is 1.23. The van der Waals surface area contributed by atoms with E-state index >= 15 is 0 Å². The summed E-state index contributed by atoms with van der Waals surface area (Å²) >= 11 is 0. The van der Waals surface area contributed by atoms with Crippen molar-refractivity contribution in [2.45, 2.75) is 57.4 Å². The van der Waals surface area contributed by atoms with Crippen molar-refractivity contribution in [2.75, 3.05) is 26.2 Å². The number of rotatable bonds is 5. The summed E-state index contributed by atoms with van der Waals surface area (Å²) in [7, 11) is 0. The summed E-state index contributed by atoms with van der Waals surface area (Å²) in [5.41, 5.74) is 2.54. The van der Waals surface area contributed by atoms with Gasteiger partial charge in [0.25, 0.3) is 0 Å². The van der Waals surface area contributed by atoms with Crippen molar-refractivity contribution in [3.63, 3.8) is 0 Å². The Hall–Kier alpha value is -1.55. The van der Waals surface area contributed by atoms with E-state index in [1.165, 1.54) is 56.3 Å². The molecule has 0 radical (unpaired) electrons. The number of amides is 1. The SMILES string of the molecule is O=C(CCc1ccc2c(c1)CCO2)NC[C@@H]1CCCN2CCCC[C@H]12. The summed E-state index contributed by atoms with van der Waals surface area (Å²) in [4.78, 5) is 15.0. The van der Waals surface area contributed by atoms with Crippen LogP contribution in [0.25, 0.3) is 0 Å². The topological polar surface area (TPSA) is 41.6 Å². The Bertz CT molecular complexity index is 614. The van der Waals surface area contributed by atoms with E-state index in [1.807, 2.05) is 0 Å². The van der Waals surface area contributed by atoms with Crippen LogP contribution in [0, 0.1) is 5.92 Å². The van der Waals surface area contributed by atoms with E-state index in [-0.39, 0.29) is 5.91 Å². The van der Waals surface area contributed by atoms with Crippen LogP contribution in [0.2, 0.25) is 0 Å². The quantitative estimate of drug-likeness (QED) is 0.894. The third-order valence-corrected chi connectivity index (χ3v) is 6.18. The zero-order valence-corrected chi connectivity index (χ0v) is 15.1. The average Bonchev–Trinajstić information content (AvgIpc) is 3.12. The van der Waals surface area contributed by atoms with Crippen molar-refractivity contribution >= 4 is 5.91 Å². The molecule has 1 N–H and O–H groups in total. The first-order valence-corrected chi connectivity index (χ1v) is 10.0. The maximum Gasteiger partial charge on any atom is 0.220 e. The summed E-state index contributed by atoms with van der Waals surface area (Å²) in [6, 6.07) is 7.06. The standard InChI is InChI=1S/C21H30N2O2/c24-21(9-7-16-6-8-20-17(14-16)10-13-25-20)22-15-18-4-3-12-23-11-2-1-5-19(18)23/h6,8,14,18-19H,1-5,7,9-13,15H2,(H,22,24)/t18-,19+/m0/s1. The monoisotopic (exact) mass is 342 g/mol. The van der Waals surface area contributed by atoms with E-state index in [9.17, 15) is 4.79 Å². The number of carbonyl (C=O) groups is 1. The molecule has 136 valence electrons. The van der Waals surface area contributed by atoms with Crippen LogP contribution in [0.5, 0.6) is 5.75 Å². The second-order valence-corrected chi connectivity index (χ2v) is 7.85. The number of fused-ring (bicyclic) bond motifs is 2. The first-order chi connectivity index (χ1) is 12.3. The first-order valence-electron chi connectivity index (χ1n) is 10.0. The second-order valence-electron chi connectivity index (χ2n) is 7.85. The molecule has 0 spiro atoms. The predicted octanol–water partition coefficient (Wildman–Crippen LogP) is 2.93. The Morgan fingerprint density at radius 3 is 3.08 bits per heavy atom. The minimum atomic E-state index is 0.199. The summed E-state index contributed by atoms with van der Waals surface area (Å²) in [6.07, 6.45) is 8.97. The van der Waals surface area contributed by atoms with Crippen LogP contribution in [-0.4, -0.2) is 43.1 Å². The Morgan fingerprint density at radius 1 is 1.20 bits per heavy atom. The van der Waals surface area contributed by atoms with E-state index in [0.717, 1.165) is 31.7 Å². The molecule has 3 aliphatic rings. The fourth-order valence-corrected chi connectivity index (χ4v) is 4.80. The highest BCUT2D eigenvalue weighted by Gasteiger charge is 2.32. The third-order valence-electron chi connectivity index (χ3n) is 6.18. The lowest BCUT2D eigenvalue weighted by molar-refractivity contribution is -0.121. The third kappa shape index (κ3) is 4.00. The molecule has 2 saturated heterocycles. The van der Waals surface area contributed by atoms with Gasteiger partial charge in [-0.1, -0.05) is 18.6 Å². The van der Waals surface area contributed by atoms with Gasteiger partial charge in [-0.3, -0.25) is 4.79 Å². The first kappa shape index (κ1) is 16.9. The van der Waals surface area contributed by atoms with Gasteiger partial charge in [0.1, 0.15) is 5.75 Å². The lowest BCUT2D eigenvalue weighted by atomic mass is 9.83. The molecule has 25 heavy (non-hydrogen) atoms. The number of benzene rings is 1. The maximum atomic E-state index is 12.3. The van der Waals surface area contributed by atoms with Gasteiger partial charge >= 0.3 is 0 Å². The van der Waals surface area contributed by atoms with E-state index in [1.54, 1.807) is 0 Å². The number of aryl methyl sites for hydroxylation is 1. The molecule has 3 aliphatic heterocycles. The van der Waals surface area contributed by atoms with Crippen LogP contribution >= 0.6 is 0 Å². The summed E-state index contributed by atoms with van der Waals surface area (Å²) in [5, 5.41) is 3.22. The van der Waals surface area contributed by atoms with E-state index in [0.29, 0.717) is 18.4 Å². The van der Waals surface area contributed by atoms with Crippen LogP contribution in [-0.2, 0) is 17.6 Å². The smallest absolute Gasteiger partial charge is 0.220 e. The second kappa shape index (κ2) is 7.77. The summed E-state index contributed by atoms with van der Waals surface area (Å²) in [5.74, 6) is 1.86. The zero-order chi connectivity index (χ0) is 17.1. The lowest BCUT2D eigenvalue weighted by Gasteiger charge is -2.44. The molecule has 4 rings (SSSR count). The minimum Gasteiger partial charge on any atom is -0.493 e. The molecule has 0 bridgehead atoms. The van der Waals surface area contributed by atoms with Crippen LogP contribution < -0.4 is 10.1 Å². The van der Waals surface area contributed by atoms with Gasteiger partial charge in [-0.05, 0) is 68.3 Å². The number of piperidine rings is 2. The van der Waals surface area contributed by atoms with Gasteiger partial charge in [-0.2, -0.15) is 0 Å². The van der Waals surface area contributed by atoms with Crippen LogP contribution in [0.4, 0.5) is 0 Å². The molecule has 1 aromatic carbocycles. The number of carbonyl (C=O) groups excluding carboxylic acids is 1. The number of nitrogens with zero attached hydrogens (tertiary/aromatic N) is 1. The van der Waals surface area contributed by atoms with E-state index in [4.69, 9.17) is 4.74 Å². The van der Waals surface area contributed by atoms with Crippen LogP contribution in [0.15, 0.2) is 18.2 Å². The van der Waals surface area contributed by atoms with Gasteiger partial charge < -0.3 is 15.0 Å². The number of ether oxygens (including phenoxy) is 1. The highest BCUT2D eigenvalue weighted by molar-refractivity contribution is 5.76. The van der Waals surface area contributed by atoms with E-state index < -0.39 is 0 Å². The van der Waals surface area contributed by atoms with Gasteiger partial charge in [0.05, 0.1) is 6.61 Å². The number of nitrogens with one attached hydrogen (secondary N) is 1. The Morgan fingerprint density at radius 2 is 2.12 bits per heavy atom. The van der Waals surface area contributed by atoms with Crippen LogP contribution in [0.3, 0.4) is 0 Å². The normalized spacial score (nSPS) is 25.8. The molecule has 1 aromatic rings. The largest absolute Gasteiger partial charge is 0.493 e. The maximum absolute atomic E-state index is 12.3. The van der Waals surface area contributed by atoms with Crippen molar-refractivity contribution in [3.8, 4) is 5.75 Å². The summed E-state index contributed by atoms with van der Waals surface area (Å²) in [6.45, 7) is 4.17. The molecule has 0 unspecified atom stereocenters. The fourth-order valence-electron chi connectivity index (χ4n) is 4.80. The molecule has 3 heterocycles. The van der Waals surface area contributed by atoms with Crippen molar-refractivity contribution in [1.82, 2.24) is 10.2 Å². The Labute approximate surface area is 150 Å². The van der Waals surface area contributed by atoms with Gasteiger partial charge in [-0.15, -0.1) is 0 Å². The van der Waals surface area contributed by atoms with Crippen LogP contribution in [0.1, 0.15) is 49.7 Å². The molecule has 4 nitrogen and oxygen atoms in total. The number of hydrogen-bond donors (Lipinski definition) is 1. The molecular weight excluding hydrogens is 312 g/mol. The predicted molar refractivity (Wildman–Crippen MR) is 98.9 cm³/mol. The molecule has 2 fully saturated rings. The molecule has 0 saturated carbocycles. The van der Waals surface area contributed by atoms with Gasteiger partial charge in [0.15, 0.2) is 0 Å². The number of hydrogen-bond acceptors (Lipinski definition) is 3. The molecule has 0 aliphatic carbocycles. The molecule has 2 atom stereocenters. The average molecular weight is 342 g/mol. The highest BCUT2D eigenvalue weighted by Crippen LogP contribution is 2.30. The van der Waals surface area contributed by atoms with Gasteiger partial charge in [0, 0.05) is 25.4 Å². The van der Waals surface area contributed by atoms with E-state index in [2.05, 4.69) is 28.4 Å². The van der Waals surface area contributed by atoms with Gasteiger partial charge in [0.2, 0.25) is 5.91 Å². The lowest BCUT2D eigenvalue weighted by Crippen LogP contribution is -2.51. The summed E-state index contributed by atoms with van der Waals surface area (Å²) < 4.78 is 5.54. The minimum absolute atomic E-state index is 0.199. The molecular formula is C21H30N2O2. The van der Waals surface area contributed by atoms with Crippen molar-refractivity contribution in [3.05, 3.63) is 29.3 Å². The Kier molecular flexibility index (Phi) is 5.25. The van der Waals surface area contributed by atoms with Crippen molar-refractivity contribution < 1.29 is 9.53 Å². The van der Waals surface area contributed by atoms with Crippen molar-refractivity contribution in [1.29, 1.82) is 0 Å². The highest BCUT2D eigenvalue weighted by atomic mass is 16.5. The molecule has 4 heteroatoms.